The van der Waals surface area contributed by atoms with Crippen molar-refractivity contribution >= 4 is 17.3 Å². The Morgan fingerprint density at radius 2 is 2.10 bits per heavy atom. The number of para-hydroxylation sites is 1. The summed E-state index contributed by atoms with van der Waals surface area (Å²) in [4.78, 5) is 11.5. The Hall–Kier alpha value is -2.14. The van der Waals surface area contributed by atoms with Crippen LogP contribution >= 0.6 is 0 Å². The Balaban J connectivity index is 2.16. The fourth-order valence-electron chi connectivity index (χ4n) is 2.97. The number of hydrogen-bond acceptors (Lipinski definition) is 5. The second-order valence-electron chi connectivity index (χ2n) is 5.49. The maximum absolute atomic E-state index is 5.61. The number of benzene rings is 1. The summed E-state index contributed by atoms with van der Waals surface area (Å²) in [6, 6.07) is 8.88. The number of hydrazine groups is 1. The van der Waals surface area contributed by atoms with E-state index in [2.05, 4.69) is 53.4 Å². The van der Waals surface area contributed by atoms with Gasteiger partial charge < -0.3 is 10.3 Å². The third-order valence-corrected chi connectivity index (χ3v) is 4.05. The van der Waals surface area contributed by atoms with Crippen molar-refractivity contribution in [2.24, 2.45) is 5.84 Å². The first-order valence-corrected chi connectivity index (χ1v) is 7.37. The van der Waals surface area contributed by atoms with Crippen molar-refractivity contribution in [1.29, 1.82) is 0 Å². The van der Waals surface area contributed by atoms with Gasteiger partial charge in [0, 0.05) is 23.7 Å². The first-order chi connectivity index (χ1) is 10.2. The van der Waals surface area contributed by atoms with E-state index in [0.29, 0.717) is 11.9 Å². The van der Waals surface area contributed by atoms with Crippen LogP contribution in [0.4, 0.5) is 17.3 Å². The zero-order valence-corrected chi connectivity index (χ0v) is 12.7. The van der Waals surface area contributed by atoms with Gasteiger partial charge in [0.25, 0.3) is 0 Å². The van der Waals surface area contributed by atoms with Gasteiger partial charge in [-0.05, 0) is 31.9 Å². The standard InChI is InChI=1S/C16H21N5/c1-4-14-18-15(20-17)11(3)16(19-14)21-10(2)9-12-7-5-6-8-13(12)21/h5-8,10H,4,9,17H2,1-3H3,(H,18,19,20). The molecule has 2 heterocycles. The summed E-state index contributed by atoms with van der Waals surface area (Å²) in [7, 11) is 0. The van der Waals surface area contributed by atoms with Crippen LogP contribution in [0.15, 0.2) is 24.3 Å². The molecule has 2 aromatic rings. The molecule has 0 aliphatic carbocycles. The lowest BCUT2D eigenvalue weighted by atomic mass is 10.1. The molecule has 1 aliphatic rings. The van der Waals surface area contributed by atoms with Crippen LogP contribution in [-0.4, -0.2) is 16.0 Å². The number of aryl methyl sites for hydroxylation is 1. The van der Waals surface area contributed by atoms with Crippen LogP contribution in [0.5, 0.6) is 0 Å². The Labute approximate surface area is 125 Å². The minimum absolute atomic E-state index is 0.381. The van der Waals surface area contributed by atoms with Gasteiger partial charge in [-0.1, -0.05) is 25.1 Å². The normalized spacial score (nSPS) is 17.0. The minimum Gasteiger partial charge on any atom is -0.323 e. The molecule has 0 bridgehead atoms. The molecule has 1 atom stereocenters. The number of aromatic nitrogens is 2. The lowest BCUT2D eigenvalue weighted by molar-refractivity contribution is 0.741. The van der Waals surface area contributed by atoms with E-state index in [0.717, 1.165) is 30.0 Å². The molecule has 110 valence electrons. The van der Waals surface area contributed by atoms with E-state index in [-0.39, 0.29) is 0 Å². The number of nitrogens with two attached hydrogens (primary N) is 1. The molecule has 5 nitrogen and oxygen atoms in total. The molecule has 0 saturated carbocycles. The Morgan fingerprint density at radius 1 is 1.33 bits per heavy atom. The fraction of sp³-hybridized carbons (Fsp3) is 0.375. The Morgan fingerprint density at radius 3 is 2.81 bits per heavy atom. The molecule has 0 spiro atoms. The van der Waals surface area contributed by atoms with Gasteiger partial charge in [-0.3, -0.25) is 0 Å². The summed E-state index contributed by atoms with van der Waals surface area (Å²) >= 11 is 0. The number of fused-ring (bicyclic) bond motifs is 1. The maximum atomic E-state index is 5.61. The molecular formula is C16H21N5. The van der Waals surface area contributed by atoms with Crippen molar-refractivity contribution in [3.63, 3.8) is 0 Å². The third-order valence-electron chi connectivity index (χ3n) is 4.05. The van der Waals surface area contributed by atoms with Gasteiger partial charge in [-0.15, -0.1) is 0 Å². The average Bonchev–Trinajstić information content (AvgIpc) is 2.83. The Kier molecular flexibility index (Phi) is 3.51. The van der Waals surface area contributed by atoms with E-state index in [1.165, 1.54) is 11.3 Å². The summed E-state index contributed by atoms with van der Waals surface area (Å²) < 4.78 is 0. The van der Waals surface area contributed by atoms with Crippen LogP contribution in [0.1, 0.15) is 30.8 Å². The average molecular weight is 283 g/mol. The van der Waals surface area contributed by atoms with E-state index in [4.69, 9.17) is 10.8 Å². The molecular weight excluding hydrogens is 262 g/mol. The molecule has 21 heavy (non-hydrogen) atoms. The Bertz CT molecular complexity index is 668. The number of anilines is 3. The van der Waals surface area contributed by atoms with Gasteiger partial charge in [0.1, 0.15) is 17.5 Å². The quantitative estimate of drug-likeness (QED) is 0.669. The molecule has 1 aromatic heterocycles. The van der Waals surface area contributed by atoms with Crippen molar-refractivity contribution in [1.82, 2.24) is 9.97 Å². The van der Waals surface area contributed by atoms with E-state index in [1.807, 2.05) is 6.92 Å². The first-order valence-electron chi connectivity index (χ1n) is 7.37. The minimum atomic E-state index is 0.381. The molecule has 0 amide bonds. The number of rotatable bonds is 3. The molecule has 3 N–H and O–H groups in total. The zero-order chi connectivity index (χ0) is 15.0. The predicted molar refractivity (Wildman–Crippen MR) is 85.7 cm³/mol. The van der Waals surface area contributed by atoms with Crippen molar-refractivity contribution in [2.75, 3.05) is 10.3 Å². The highest BCUT2D eigenvalue weighted by Crippen LogP contribution is 2.39. The number of hydrogen-bond donors (Lipinski definition) is 2. The number of nitrogens with one attached hydrogen (secondary N) is 1. The molecule has 0 fully saturated rings. The SMILES string of the molecule is CCc1nc(NN)c(C)c(N2c3ccccc3CC2C)n1. The monoisotopic (exact) mass is 283 g/mol. The summed E-state index contributed by atoms with van der Waals surface area (Å²) in [5, 5.41) is 0. The van der Waals surface area contributed by atoms with E-state index >= 15 is 0 Å². The highest BCUT2D eigenvalue weighted by atomic mass is 15.3. The smallest absolute Gasteiger partial charge is 0.148 e. The number of nitrogen functional groups attached to an aromatic ring is 1. The van der Waals surface area contributed by atoms with Gasteiger partial charge in [0.15, 0.2) is 0 Å². The van der Waals surface area contributed by atoms with Gasteiger partial charge in [0.05, 0.1) is 0 Å². The predicted octanol–water partition coefficient (Wildman–Crippen LogP) is 2.72. The van der Waals surface area contributed by atoms with Crippen molar-refractivity contribution < 1.29 is 0 Å². The number of nitrogens with zero attached hydrogens (tertiary/aromatic N) is 3. The molecule has 0 saturated heterocycles. The van der Waals surface area contributed by atoms with Gasteiger partial charge in [0.2, 0.25) is 0 Å². The van der Waals surface area contributed by atoms with Crippen LogP contribution in [0.2, 0.25) is 0 Å². The second-order valence-corrected chi connectivity index (χ2v) is 5.49. The highest BCUT2D eigenvalue weighted by molar-refractivity contribution is 5.73. The summed E-state index contributed by atoms with van der Waals surface area (Å²) in [6.07, 6.45) is 1.82. The molecule has 0 radical (unpaired) electrons. The first kappa shape index (κ1) is 13.8. The molecule has 5 heteroatoms. The van der Waals surface area contributed by atoms with E-state index in [1.54, 1.807) is 0 Å². The van der Waals surface area contributed by atoms with Crippen LogP contribution in [0.3, 0.4) is 0 Å². The molecule has 1 aromatic carbocycles. The van der Waals surface area contributed by atoms with Gasteiger partial charge in [-0.2, -0.15) is 0 Å². The summed E-state index contributed by atoms with van der Waals surface area (Å²) in [6.45, 7) is 6.29. The molecule has 1 aliphatic heterocycles. The van der Waals surface area contributed by atoms with Crippen LogP contribution in [-0.2, 0) is 12.8 Å². The zero-order valence-electron chi connectivity index (χ0n) is 12.7. The largest absolute Gasteiger partial charge is 0.323 e. The maximum Gasteiger partial charge on any atom is 0.148 e. The van der Waals surface area contributed by atoms with Crippen molar-refractivity contribution in [3.05, 3.63) is 41.2 Å². The lowest BCUT2D eigenvalue weighted by Gasteiger charge is -2.26. The van der Waals surface area contributed by atoms with Gasteiger partial charge >= 0.3 is 0 Å². The topological polar surface area (TPSA) is 67.1 Å². The van der Waals surface area contributed by atoms with Crippen LogP contribution in [0, 0.1) is 6.92 Å². The van der Waals surface area contributed by atoms with Crippen LogP contribution in [0.25, 0.3) is 0 Å². The summed E-state index contributed by atoms with van der Waals surface area (Å²) in [5.41, 5.74) is 6.28. The van der Waals surface area contributed by atoms with Crippen molar-refractivity contribution in [2.45, 2.75) is 39.7 Å². The third kappa shape index (κ3) is 2.23. The highest BCUT2D eigenvalue weighted by Gasteiger charge is 2.29. The van der Waals surface area contributed by atoms with Crippen molar-refractivity contribution in [3.8, 4) is 0 Å². The fourth-order valence-corrected chi connectivity index (χ4v) is 2.97. The van der Waals surface area contributed by atoms with E-state index < -0.39 is 0 Å². The molecule has 3 rings (SSSR count). The van der Waals surface area contributed by atoms with Crippen LogP contribution < -0.4 is 16.2 Å². The molecule has 1 unspecified atom stereocenters. The van der Waals surface area contributed by atoms with E-state index in [9.17, 15) is 0 Å². The van der Waals surface area contributed by atoms with Gasteiger partial charge in [-0.25, -0.2) is 15.8 Å². The summed E-state index contributed by atoms with van der Waals surface area (Å²) in [5.74, 6) is 8.07. The second kappa shape index (κ2) is 5.33. The lowest BCUT2D eigenvalue weighted by Crippen LogP contribution is -2.27.